The summed E-state index contributed by atoms with van der Waals surface area (Å²) in [5.74, 6) is 1.00. The molecule has 2 aliphatic rings. The molecule has 2 unspecified atom stereocenters. The fraction of sp³-hybridized carbons (Fsp3) is 0.0455. The molecule has 5 heteroatoms. The quantitative estimate of drug-likeness (QED) is 0.144. The van der Waals surface area contributed by atoms with Crippen molar-refractivity contribution in [2.75, 3.05) is 5.01 Å². The third-order valence-corrected chi connectivity index (χ3v) is 10.7. The van der Waals surface area contributed by atoms with Gasteiger partial charge in [0.25, 0.3) is 0 Å². The second-order valence-electron chi connectivity index (χ2n) is 12.4. The molecular weight excluding hydrogens is 617 g/mol. The Labute approximate surface area is 289 Å². The summed E-state index contributed by atoms with van der Waals surface area (Å²) in [6, 6.07) is 50.4. The lowest BCUT2D eigenvalue weighted by atomic mass is 9.91. The van der Waals surface area contributed by atoms with E-state index in [4.69, 9.17) is 4.99 Å². The molecule has 49 heavy (non-hydrogen) atoms. The number of fused-ring (bicyclic) bond motifs is 7. The summed E-state index contributed by atoms with van der Waals surface area (Å²) in [4.78, 5) is 5.07. The Morgan fingerprint density at radius 3 is 2.00 bits per heavy atom. The van der Waals surface area contributed by atoms with Gasteiger partial charge in [-0.2, -0.15) is 0 Å². The van der Waals surface area contributed by atoms with Crippen LogP contribution in [0.3, 0.4) is 0 Å². The molecule has 2 atom stereocenters. The number of anilines is 1. The molecule has 0 radical (unpaired) electrons. The molecule has 0 bridgehead atoms. The first-order valence-electron chi connectivity index (χ1n) is 16.6. The van der Waals surface area contributed by atoms with Crippen LogP contribution in [0.25, 0.3) is 42.4 Å². The number of amidine groups is 2. The highest BCUT2D eigenvalue weighted by molar-refractivity contribution is 7.26. The van der Waals surface area contributed by atoms with Crippen LogP contribution in [-0.4, -0.2) is 17.7 Å². The van der Waals surface area contributed by atoms with Crippen LogP contribution < -0.4 is 10.4 Å². The van der Waals surface area contributed by atoms with Crippen LogP contribution in [0.2, 0.25) is 0 Å². The van der Waals surface area contributed by atoms with Crippen molar-refractivity contribution in [2.45, 2.75) is 12.0 Å². The van der Waals surface area contributed by atoms with Gasteiger partial charge in [0.1, 0.15) is 0 Å². The highest BCUT2D eigenvalue weighted by atomic mass is 32.1. The third-order valence-electron chi connectivity index (χ3n) is 9.50. The summed E-state index contributed by atoms with van der Waals surface area (Å²) in [7, 11) is 0. The number of aliphatic imine (C=N–C) groups is 1. The minimum Gasteiger partial charge on any atom is -0.282 e. The number of thiophene rings is 1. The van der Waals surface area contributed by atoms with Crippen molar-refractivity contribution in [3.05, 3.63) is 187 Å². The molecule has 0 amide bonds. The molecule has 2 heterocycles. The van der Waals surface area contributed by atoms with Gasteiger partial charge in [0.2, 0.25) is 0 Å². The fourth-order valence-corrected chi connectivity index (χ4v) is 8.43. The number of hydrazine groups is 1. The van der Waals surface area contributed by atoms with Gasteiger partial charge in [-0.05, 0) is 46.5 Å². The van der Waals surface area contributed by atoms with Crippen LogP contribution in [0.1, 0.15) is 22.6 Å². The van der Waals surface area contributed by atoms with Gasteiger partial charge in [-0.25, -0.2) is 4.99 Å². The number of benzene rings is 6. The average molecular weight is 649 g/mol. The highest BCUT2D eigenvalue weighted by Crippen LogP contribution is 2.50. The predicted molar refractivity (Wildman–Crippen MR) is 207 cm³/mol. The van der Waals surface area contributed by atoms with Crippen molar-refractivity contribution < 1.29 is 0 Å². The number of hydrogen-bond acceptors (Lipinski definition) is 3. The van der Waals surface area contributed by atoms with Crippen molar-refractivity contribution in [2.24, 2.45) is 4.99 Å². The summed E-state index contributed by atoms with van der Waals surface area (Å²) < 4.78 is 2.63. The first kappa shape index (κ1) is 29.1. The Bertz CT molecular complexity index is 2460. The van der Waals surface area contributed by atoms with E-state index >= 15 is 0 Å². The largest absolute Gasteiger partial charge is 0.282 e. The molecule has 1 aromatic heterocycles. The van der Waals surface area contributed by atoms with Crippen LogP contribution in [0, 0.1) is 5.41 Å². The number of allylic oxidation sites excluding steroid dienone is 2. The predicted octanol–water partition coefficient (Wildman–Crippen LogP) is 10.8. The van der Waals surface area contributed by atoms with E-state index in [-0.39, 0.29) is 17.8 Å². The summed E-state index contributed by atoms with van der Waals surface area (Å²) in [6.07, 6.45) is 8.88. The molecule has 2 N–H and O–H groups in total. The van der Waals surface area contributed by atoms with E-state index in [1.165, 1.54) is 25.7 Å². The maximum atomic E-state index is 9.29. The number of nitrogens with one attached hydrogen (secondary N) is 2. The van der Waals surface area contributed by atoms with Crippen molar-refractivity contribution in [1.82, 2.24) is 5.43 Å². The lowest BCUT2D eigenvalue weighted by Gasteiger charge is -2.30. The minimum atomic E-state index is 0.0499. The van der Waals surface area contributed by atoms with Crippen molar-refractivity contribution in [3.8, 4) is 22.3 Å². The van der Waals surface area contributed by atoms with Gasteiger partial charge in [-0.3, -0.25) is 15.8 Å². The van der Waals surface area contributed by atoms with Gasteiger partial charge in [0.15, 0.2) is 11.7 Å². The Morgan fingerprint density at radius 2 is 1.24 bits per heavy atom. The van der Waals surface area contributed by atoms with Crippen LogP contribution in [0.15, 0.2) is 175 Å². The maximum Gasteiger partial charge on any atom is 0.154 e. The van der Waals surface area contributed by atoms with Crippen LogP contribution in [0.4, 0.5) is 5.69 Å². The first-order chi connectivity index (χ1) is 24.2. The summed E-state index contributed by atoms with van der Waals surface area (Å²) in [6.45, 7) is 0. The zero-order valence-electron chi connectivity index (χ0n) is 26.6. The van der Waals surface area contributed by atoms with E-state index in [0.29, 0.717) is 5.84 Å². The molecule has 234 valence electrons. The monoisotopic (exact) mass is 648 g/mol. The fourth-order valence-electron chi connectivity index (χ4n) is 7.13. The molecule has 6 aromatic carbocycles. The van der Waals surface area contributed by atoms with Crippen molar-refractivity contribution in [3.63, 3.8) is 0 Å². The van der Waals surface area contributed by atoms with E-state index in [9.17, 15) is 5.41 Å². The molecule has 7 aromatic rings. The highest BCUT2D eigenvalue weighted by Gasteiger charge is 2.39. The molecule has 9 rings (SSSR count). The van der Waals surface area contributed by atoms with Crippen LogP contribution >= 0.6 is 11.3 Å². The second kappa shape index (κ2) is 12.2. The van der Waals surface area contributed by atoms with E-state index in [1.807, 2.05) is 53.8 Å². The third kappa shape index (κ3) is 5.25. The number of nitrogens with zero attached hydrogens (tertiary/aromatic N) is 2. The maximum absolute atomic E-state index is 9.29. The van der Waals surface area contributed by atoms with Crippen LogP contribution in [0.5, 0.6) is 0 Å². The van der Waals surface area contributed by atoms with Crippen LogP contribution in [-0.2, 0) is 0 Å². The molecule has 0 fully saturated rings. The molecule has 1 aliphatic carbocycles. The second-order valence-corrected chi connectivity index (χ2v) is 13.5. The van der Waals surface area contributed by atoms with E-state index in [0.717, 1.165) is 39.1 Å². The molecule has 0 saturated carbocycles. The first-order valence-corrected chi connectivity index (χ1v) is 17.4. The minimum absolute atomic E-state index is 0.0499. The molecular formula is C44H32N4S. The Balaban J connectivity index is 1.17. The smallest absolute Gasteiger partial charge is 0.154 e. The van der Waals surface area contributed by atoms with Crippen molar-refractivity contribution >= 4 is 48.9 Å². The van der Waals surface area contributed by atoms with Gasteiger partial charge in [-0.15, -0.1) is 11.3 Å². The Morgan fingerprint density at radius 1 is 0.612 bits per heavy atom. The summed E-state index contributed by atoms with van der Waals surface area (Å²) in [5, 5.41) is 14.1. The normalized spacial score (nSPS) is 16.6. The van der Waals surface area contributed by atoms with Gasteiger partial charge in [-0.1, -0.05) is 146 Å². The standard InChI is InChI=1S/C44H32N4S/c45-43(33-19-11-17-31(27-33)29-13-3-1-4-14-29)46-44(34-20-12-18-32(28-34)30-15-5-2-6-16-30)47-48-38-23-9-7-22-37(38)41-39(48)26-25-36-35-21-8-10-24-40(35)49-42(36)41/h1-28,37-38H,(H2,45,46,47). The van der Waals surface area contributed by atoms with Gasteiger partial charge in [0.05, 0.1) is 11.7 Å². The zero-order chi connectivity index (χ0) is 32.7. The SMILES string of the molecule is N=C(N=C(NN1c2ccc3c(sc4ccccc43)c2C2C=CC=CC21)c1cccc(-c2ccccc2)c1)c1cccc(-c2ccccc2)c1. The number of hydrogen-bond donors (Lipinski definition) is 2. The van der Waals surface area contributed by atoms with E-state index in [2.05, 4.69) is 138 Å². The average Bonchev–Trinajstić information content (AvgIpc) is 3.71. The van der Waals surface area contributed by atoms with Gasteiger partial charge >= 0.3 is 0 Å². The lowest BCUT2D eigenvalue weighted by molar-refractivity contribution is 0.652. The van der Waals surface area contributed by atoms with Gasteiger partial charge < -0.3 is 0 Å². The summed E-state index contributed by atoms with van der Waals surface area (Å²) in [5.41, 5.74) is 12.3. The molecule has 0 spiro atoms. The molecule has 0 saturated heterocycles. The van der Waals surface area contributed by atoms with E-state index in [1.54, 1.807) is 0 Å². The topological polar surface area (TPSA) is 51.5 Å². The summed E-state index contributed by atoms with van der Waals surface area (Å²) >= 11 is 1.87. The van der Waals surface area contributed by atoms with Crippen molar-refractivity contribution in [1.29, 1.82) is 5.41 Å². The Kier molecular flexibility index (Phi) is 7.25. The molecule has 1 aliphatic heterocycles. The lowest BCUT2D eigenvalue weighted by Crippen LogP contribution is -2.47. The zero-order valence-corrected chi connectivity index (χ0v) is 27.4. The molecule has 4 nitrogen and oxygen atoms in total. The van der Waals surface area contributed by atoms with E-state index < -0.39 is 0 Å². The Hall–Kier alpha value is -6.04. The number of rotatable bonds is 5. The van der Waals surface area contributed by atoms with Gasteiger partial charge in [0, 0.05) is 42.8 Å².